The Hall–Kier alpha value is -1.65. The average molecular weight is 303 g/mol. The minimum atomic E-state index is -0.506. The lowest BCUT2D eigenvalue weighted by Gasteiger charge is -2.16. The molecule has 0 spiro atoms. The highest BCUT2D eigenvalue weighted by molar-refractivity contribution is 7.07. The molecule has 0 bridgehead atoms. The first kappa shape index (κ1) is 15.7. The third-order valence-electron chi connectivity index (χ3n) is 3.57. The van der Waals surface area contributed by atoms with Gasteiger partial charge in [-0.15, -0.1) is 0 Å². The fourth-order valence-electron chi connectivity index (χ4n) is 2.34. The molecule has 1 heterocycles. The second-order valence-corrected chi connectivity index (χ2v) is 5.80. The number of hydrogen-bond acceptors (Lipinski definition) is 3. The molecule has 2 rings (SSSR count). The van der Waals surface area contributed by atoms with Gasteiger partial charge in [-0.1, -0.05) is 37.3 Å². The Kier molecular flexibility index (Phi) is 5.96. The number of hydrogen-bond donors (Lipinski definition) is 2. The summed E-state index contributed by atoms with van der Waals surface area (Å²) in [6.07, 6.45) is 0.796. The van der Waals surface area contributed by atoms with E-state index in [2.05, 4.69) is 5.32 Å². The van der Waals surface area contributed by atoms with Crippen LogP contribution in [-0.4, -0.2) is 17.6 Å². The number of thiophene rings is 1. The lowest BCUT2D eigenvalue weighted by atomic mass is 9.95. The maximum absolute atomic E-state index is 12.3. The largest absolute Gasteiger partial charge is 0.388 e. The van der Waals surface area contributed by atoms with Crippen molar-refractivity contribution in [3.63, 3.8) is 0 Å². The number of amides is 1. The summed E-state index contributed by atoms with van der Waals surface area (Å²) < 4.78 is 0. The first-order valence-corrected chi connectivity index (χ1v) is 8.19. The Balaban J connectivity index is 1.83. The van der Waals surface area contributed by atoms with E-state index in [9.17, 15) is 9.90 Å². The van der Waals surface area contributed by atoms with Gasteiger partial charge in [0.1, 0.15) is 0 Å². The minimum Gasteiger partial charge on any atom is -0.388 e. The molecule has 4 heteroatoms. The second-order valence-electron chi connectivity index (χ2n) is 5.02. The predicted molar refractivity (Wildman–Crippen MR) is 86.4 cm³/mol. The Morgan fingerprint density at radius 1 is 1.24 bits per heavy atom. The number of carbonyl (C=O) groups excluding carboxylic acids is 1. The fraction of sp³-hybridized carbons (Fsp3) is 0.353. The van der Waals surface area contributed by atoms with E-state index >= 15 is 0 Å². The summed E-state index contributed by atoms with van der Waals surface area (Å²) in [5.41, 5.74) is 1.96. The fourth-order valence-corrected chi connectivity index (χ4v) is 3.05. The molecule has 0 aliphatic rings. The number of carbonyl (C=O) groups is 1. The summed E-state index contributed by atoms with van der Waals surface area (Å²) in [7, 11) is 0. The van der Waals surface area contributed by atoms with Crippen LogP contribution in [-0.2, 0) is 4.79 Å². The highest BCUT2D eigenvalue weighted by atomic mass is 32.1. The molecular weight excluding hydrogens is 282 g/mol. The van der Waals surface area contributed by atoms with Crippen LogP contribution in [0.1, 0.15) is 42.9 Å². The van der Waals surface area contributed by atoms with Gasteiger partial charge in [0.25, 0.3) is 0 Å². The molecule has 0 saturated heterocycles. The zero-order valence-corrected chi connectivity index (χ0v) is 13.0. The monoisotopic (exact) mass is 303 g/mol. The van der Waals surface area contributed by atoms with Gasteiger partial charge < -0.3 is 10.4 Å². The van der Waals surface area contributed by atoms with Crippen molar-refractivity contribution < 1.29 is 9.90 Å². The number of nitrogens with one attached hydrogen (secondary N) is 1. The molecule has 0 fully saturated rings. The number of aliphatic hydroxyl groups is 1. The summed E-state index contributed by atoms with van der Waals surface area (Å²) in [6.45, 7) is 2.50. The number of rotatable bonds is 7. The Bertz CT molecular complexity index is 539. The lowest BCUT2D eigenvalue weighted by molar-refractivity contribution is -0.122. The minimum absolute atomic E-state index is 0.0289. The molecule has 21 heavy (non-hydrogen) atoms. The van der Waals surface area contributed by atoms with E-state index in [1.54, 1.807) is 11.3 Å². The molecule has 1 aromatic carbocycles. The van der Waals surface area contributed by atoms with E-state index in [1.807, 2.05) is 54.1 Å². The molecule has 0 radical (unpaired) electrons. The number of aliphatic hydroxyl groups excluding tert-OH is 1. The van der Waals surface area contributed by atoms with Gasteiger partial charge in [0.15, 0.2) is 0 Å². The Labute approximate surface area is 129 Å². The third kappa shape index (κ3) is 4.41. The van der Waals surface area contributed by atoms with E-state index in [-0.39, 0.29) is 11.8 Å². The average Bonchev–Trinajstić information content (AvgIpc) is 3.03. The van der Waals surface area contributed by atoms with Crippen LogP contribution in [0.3, 0.4) is 0 Å². The molecule has 2 N–H and O–H groups in total. The lowest BCUT2D eigenvalue weighted by Crippen LogP contribution is -2.30. The molecule has 0 unspecified atom stereocenters. The van der Waals surface area contributed by atoms with Crippen LogP contribution >= 0.6 is 11.3 Å². The van der Waals surface area contributed by atoms with Gasteiger partial charge in [0, 0.05) is 6.54 Å². The van der Waals surface area contributed by atoms with Gasteiger partial charge in [0.2, 0.25) is 5.91 Å². The van der Waals surface area contributed by atoms with Gasteiger partial charge in [-0.25, -0.2) is 0 Å². The summed E-state index contributed by atoms with van der Waals surface area (Å²) >= 11 is 1.57. The van der Waals surface area contributed by atoms with Crippen molar-refractivity contribution in [3.05, 3.63) is 58.3 Å². The van der Waals surface area contributed by atoms with Crippen LogP contribution in [0.4, 0.5) is 0 Å². The van der Waals surface area contributed by atoms with Gasteiger partial charge in [0.05, 0.1) is 12.0 Å². The van der Waals surface area contributed by atoms with Crippen LogP contribution in [0.5, 0.6) is 0 Å². The molecule has 2 atom stereocenters. The third-order valence-corrected chi connectivity index (χ3v) is 4.27. The standard InChI is InChI=1S/C17H21NO2S/c1-2-15(13-6-4-3-5-7-13)17(20)18-10-8-16(19)14-9-11-21-12-14/h3-7,9,11-12,15-16,19H,2,8,10H2,1H3,(H,18,20)/t15-,16+/m0/s1. The molecule has 112 valence electrons. The van der Waals surface area contributed by atoms with Gasteiger partial charge in [-0.05, 0) is 40.8 Å². The highest BCUT2D eigenvalue weighted by Crippen LogP contribution is 2.20. The molecule has 0 aliphatic carbocycles. The quantitative estimate of drug-likeness (QED) is 0.822. The van der Waals surface area contributed by atoms with E-state index in [4.69, 9.17) is 0 Å². The van der Waals surface area contributed by atoms with Crippen LogP contribution in [0.2, 0.25) is 0 Å². The molecule has 0 saturated carbocycles. The zero-order valence-electron chi connectivity index (χ0n) is 12.2. The summed E-state index contributed by atoms with van der Waals surface area (Å²) in [6, 6.07) is 11.7. The highest BCUT2D eigenvalue weighted by Gasteiger charge is 2.18. The van der Waals surface area contributed by atoms with Crippen molar-refractivity contribution in [1.82, 2.24) is 5.32 Å². The smallest absolute Gasteiger partial charge is 0.227 e. The van der Waals surface area contributed by atoms with Crippen molar-refractivity contribution in [2.45, 2.75) is 31.8 Å². The van der Waals surface area contributed by atoms with Crippen LogP contribution in [0.25, 0.3) is 0 Å². The van der Waals surface area contributed by atoms with Gasteiger partial charge in [-0.3, -0.25) is 4.79 Å². The van der Waals surface area contributed by atoms with E-state index in [0.717, 1.165) is 17.5 Å². The topological polar surface area (TPSA) is 49.3 Å². The molecule has 0 aliphatic heterocycles. The molecular formula is C17H21NO2S. The zero-order chi connectivity index (χ0) is 15.1. The molecule has 1 aromatic heterocycles. The molecule has 1 amide bonds. The summed E-state index contributed by atoms with van der Waals surface area (Å²) in [5.74, 6) is -0.0919. The molecule has 3 nitrogen and oxygen atoms in total. The predicted octanol–water partition coefficient (Wildman–Crippen LogP) is 3.48. The van der Waals surface area contributed by atoms with Crippen LogP contribution in [0.15, 0.2) is 47.2 Å². The van der Waals surface area contributed by atoms with Gasteiger partial charge in [-0.2, -0.15) is 11.3 Å². The Morgan fingerprint density at radius 2 is 2.00 bits per heavy atom. The van der Waals surface area contributed by atoms with Gasteiger partial charge >= 0.3 is 0 Å². The first-order chi connectivity index (χ1) is 10.2. The van der Waals surface area contributed by atoms with E-state index in [1.165, 1.54) is 0 Å². The summed E-state index contributed by atoms with van der Waals surface area (Å²) in [4.78, 5) is 12.3. The van der Waals surface area contributed by atoms with Crippen LogP contribution in [0, 0.1) is 0 Å². The maximum atomic E-state index is 12.3. The van der Waals surface area contributed by atoms with Crippen molar-refractivity contribution in [2.75, 3.05) is 6.54 Å². The number of benzene rings is 1. The normalized spacial score (nSPS) is 13.6. The van der Waals surface area contributed by atoms with E-state index < -0.39 is 6.10 Å². The van der Waals surface area contributed by atoms with Crippen molar-refractivity contribution in [1.29, 1.82) is 0 Å². The summed E-state index contributed by atoms with van der Waals surface area (Å²) in [5, 5.41) is 16.8. The second kappa shape index (κ2) is 7.96. The Morgan fingerprint density at radius 3 is 2.62 bits per heavy atom. The SMILES string of the molecule is CC[C@H](C(=O)NCC[C@@H](O)c1ccsc1)c1ccccc1. The van der Waals surface area contributed by atoms with Crippen LogP contribution < -0.4 is 5.32 Å². The van der Waals surface area contributed by atoms with E-state index in [0.29, 0.717) is 13.0 Å². The van der Waals surface area contributed by atoms with Crippen molar-refractivity contribution in [2.24, 2.45) is 0 Å². The first-order valence-electron chi connectivity index (χ1n) is 7.25. The van der Waals surface area contributed by atoms with Crippen molar-refractivity contribution >= 4 is 17.2 Å². The van der Waals surface area contributed by atoms with Crippen molar-refractivity contribution in [3.8, 4) is 0 Å². The maximum Gasteiger partial charge on any atom is 0.227 e. The molecule has 2 aromatic rings.